The third kappa shape index (κ3) is 1.70. The molecule has 1 aromatic heterocycles. The van der Waals surface area contributed by atoms with Gasteiger partial charge in [-0.05, 0) is 18.6 Å². The largest absolute Gasteiger partial charge is 0.508 e. The van der Waals surface area contributed by atoms with Crippen molar-refractivity contribution in [3.63, 3.8) is 0 Å². The van der Waals surface area contributed by atoms with Gasteiger partial charge in [0.1, 0.15) is 10.8 Å². The number of phenols is 1. The molecule has 82 valence electrons. The highest BCUT2D eigenvalue weighted by atomic mass is 32.1. The van der Waals surface area contributed by atoms with Gasteiger partial charge in [0.2, 0.25) is 0 Å². The predicted molar refractivity (Wildman–Crippen MR) is 64.5 cm³/mol. The highest BCUT2D eigenvalue weighted by Gasteiger charge is 2.36. The molecule has 16 heavy (non-hydrogen) atoms. The first kappa shape index (κ1) is 9.81. The normalized spacial score (nSPS) is 23.3. The van der Waals surface area contributed by atoms with E-state index in [0.29, 0.717) is 12.0 Å². The quantitative estimate of drug-likeness (QED) is 0.835. The van der Waals surface area contributed by atoms with Crippen molar-refractivity contribution in [2.45, 2.75) is 18.4 Å². The Morgan fingerprint density at radius 3 is 2.94 bits per heavy atom. The number of phenolic OH excluding ortho intramolecular Hbond substituents is 1. The van der Waals surface area contributed by atoms with Crippen molar-refractivity contribution in [3.05, 3.63) is 35.3 Å². The third-order valence-corrected chi connectivity index (χ3v) is 4.00. The Morgan fingerprint density at radius 2 is 2.25 bits per heavy atom. The molecular weight excluding hydrogens is 220 g/mol. The van der Waals surface area contributed by atoms with Crippen LogP contribution in [0.3, 0.4) is 0 Å². The molecule has 0 radical (unpaired) electrons. The summed E-state index contributed by atoms with van der Waals surface area (Å²) in [6.07, 6.45) is 2.98. The van der Waals surface area contributed by atoms with Crippen molar-refractivity contribution in [3.8, 4) is 16.3 Å². The molecule has 0 saturated heterocycles. The molecule has 1 fully saturated rings. The molecule has 1 heterocycles. The van der Waals surface area contributed by atoms with E-state index in [1.54, 1.807) is 23.5 Å². The first-order chi connectivity index (χ1) is 7.74. The van der Waals surface area contributed by atoms with Gasteiger partial charge in [-0.25, -0.2) is 4.98 Å². The van der Waals surface area contributed by atoms with Crippen LogP contribution in [0.2, 0.25) is 0 Å². The average molecular weight is 232 g/mol. The zero-order valence-corrected chi connectivity index (χ0v) is 9.45. The molecular formula is C12H12N2OS. The lowest BCUT2D eigenvalue weighted by Gasteiger charge is -1.96. The molecule has 3 N–H and O–H groups in total. The number of aromatic nitrogens is 1. The molecule has 2 atom stereocenters. The second kappa shape index (κ2) is 3.57. The van der Waals surface area contributed by atoms with Crippen LogP contribution in [0, 0.1) is 0 Å². The highest BCUT2D eigenvalue weighted by Crippen LogP contribution is 2.43. The molecule has 0 bridgehead atoms. The SMILES string of the molecule is NC1CC1c1cnc(-c2cccc(O)c2)s1. The van der Waals surface area contributed by atoms with Gasteiger partial charge in [-0.15, -0.1) is 11.3 Å². The summed E-state index contributed by atoms with van der Waals surface area (Å²) in [5.74, 6) is 0.779. The summed E-state index contributed by atoms with van der Waals surface area (Å²) in [6.45, 7) is 0. The molecule has 2 unspecified atom stereocenters. The maximum absolute atomic E-state index is 9.40. The van der Waals surface area contributed by atoms with E-state index >= 15 is 0 Å². The van der Waals surface area contributed by atoms with Gasteiger partial charge in [0, 0.05) is 28.6 Å². The molecule has 3 rings (SSSR count). The van der Waals surface area contributed by atoms with E-state index < -0.39 is 0 Å². The number of rotatable bonds is 2. The number of hydrogen-bond acceptors (Lipinski definition) is 4. The zero-order valence-electron chi connectivity index (χ0n) is 8.63. The van der Waals surface area contributed by atoms with Crippen LogP contribution in [0.1, 0.15) is 17.2 Å². The van der Waals surface area contributed by atoms with Gasteiger partial charge < -0.3 is 10.8 Å². The van der Waals surface area contributed by atoms with Crippen molar-refractivity contribution in [1.29, 1.82) is 0 Å². The predicted octanol–water partition coefficient (Wildman–Crippen LogP) is 2.33. The number of benzene rings is 1. The number of aromatic hydroxyl groups is 1. The molecule has 1 aliphatic rings. The van der Waals surface area contributed by atoms with Crippen LogP contribution in [0.4, 0.5) is 0 Å². The minimum atomic E-state index is 0.275. The summed E-state index contributed by atoms with van der Waals surface area (Å²) in [5, 5.41) is 10.4. The molecule has 3 nitrogen and oxygen atoms in total. The zero-order chi connectivity index (χ0) is 11.1. The fraction of sp³-hybridized carbons (Fsp3) is 0.250. The Kier molecular flexibility index (Phi) is 2.19. The standard InChI is InChI=1S/C12H12N2OS/c13-10-5-9(10)11-6-14-12(16-11)7-2-1-3-8(15)4-7/h1-4,6,9-10,15H,5,13H2. The number of hydrogen-bond donors (Lipinski definition) is 2. The Morgan fingerprint density at radius 1 is 1.44 bits per heavy atom. The van der Waals surface area contributed by atoms with Gasteiger partial charge in [-0.2, -0.15) is 0 Å². The van der Waals surface area contributed by atoms with Gasteiger partial charge in [0.25, 0.3) is 0 Å². The summed E-state index contributed by atoms with van der Waals surface area (Å²) < 4.78 is 0. The van der Waals surface area contributed by atoms with Gasteiger partial charge in [0.15, 0.2) is 0 Å². The van der Waals surface area contributed by atoms with Crippen LogP contribution in [-0.2, 0) is 0 Å². The topological polar surface area (TPSA) is 59.1 Å². The van der Waals surface area contributed by atoms with Crippen LogP contribution in [0.5, 0.6) is 5.75 Å². The van der Waals surface area contributed by atoms with Gasteiger partial charge >= 0.3 is 0 Å². The Balaban J connectivity index is 1.92. The first-order valence-corrected chi connectivity index (χ1v) is 6.06. The van der Waals surface area contributed by atoms with Crippen molar-refractivity contribution >= 4 is 11.3 Å². The summed E-state index contributed by atoms with van der Waals surface area (Å²) in [5.41, 5.74) is 6.77. The summed E-state index contributed by atoms with van der Waals surface area (Å²) >= 11 is 1.67. The molecule has 1 saturated carbocycles. The summed E-state index contributed by atoms with van der Waals surface area (Å²) in [6, 6.07) is 7.49. The Bertz CT molecular complexity index is 523. The Hall–Kier alpha value is -1.39. The lowest BCUT2D eigenvalue weighted by atomic mass is 10.2. The fourth-order valence-electron chi connectivity index (χ4n) is 1.77. The highest BCUT2D eigenvalue weighted by molar-refractivity contribution is 7.15. The fourth-order valence-corrected chi connectivity index (χ4v) is 2.87. The van der Waals surface area contributed by atoms with Gasteiger partial charge in [-0.3, -0.25) is 0 Å². The molecule has 0 aliphatic heterocycles. The van der Waals surface area contributed by atoms with E-state index in [4.69, 9.17) is 5.73 Å². The minimum Gasteiger partial charge on any atom is -0.508 e. The Labute approximate surface area is 97.6 Å². The molecule has 1 aliphatic carbocycles. The first-order valence-electron chi connectivity index (χ1n) is 5.25. The van der Waals surface area contributed by atoms with E-state index in [2.05, 4.69) is 4.98 Å². The minimum absolute atomic E-state index is 0.275. The van der Waals surface area contributed by atoms with Crippen LogP contribution in [0.25, 0.3) is 10.6 Å². The molecule has 0 spiro atoms. The maximum Gasteiger partial charge on any atom is 0.123 e. The lowest BCUT2D eigenvalue weighted by molar-refractivity contribution is 0.475. The van der Waals surface area contributed by atoms with Gasteiger partial charge in [0.05, 0.1) is 0 Å². The number of nitrogens with zero attached hydrogens (tertiary/aromatic N) is 1. The smallest absolute Gasteiger partial charge is 0.123 e. The van der Waals surface area contributed by atoms with Gasteiger partial charge in [-0.1, -0.05) is 12.1 Å². The van der Waals surface area contributed by atoms with Crippen molar-refractivity contribution in [2.24, 2.45) is 5.73 Å². The lowest BCUT2D eigenvalue weighted by Crippen LogP contribution is -1.99. The summed E-state index contributed by atoms with van der Waals surface area (Å²) in [7, 11) is 0. The van der Waals surface area contributed by atoms with Crippen LogP contribution in [-0.4, -0.2) is 16.1 Å². The van der Waals surface area contributed by atoms with Crippen LogP contribution < -0.4 is 5.73 Å². The van der Waals surface area contributed by atoms with E-state index in [1.165, 1.54) is 4.88 Å². The average Bonchev–Trinajstić information content (AvgIpc) is 2.81. The van der Waals surface area contributed by atoms with E-state index in [-0.39, 0.29) is 5.75 Å². The second-order valence-electron chi connectivity index (χ2n) is 4.12. The van der Waals surface area contributed by atoms with E-state index in [9.17, 15) is 5.11 Å². The van der Waals surface area contributed by atoms with Crippen LogP contribution in [0.15, 0.2) is 30.5 Å². The van der Waals surface area contributed by atoms with Crippen molar-refractivity contribution in [2.75, 3.05) is 0 Å². The number of nitrogens with two attached hydrogens (primary N) is 1. The maximum atomic E-state index is 9.40. The van der Waals surface area contributed by atoms with Crippen molar-refractivity contribution < 1.29 is 5.11 Å². The molecule has 2 aromatic rings. The van der Waals surface area contributed by atoms with Crippen LogP contribution >= 0.6 is 11.3 Å². The molecule has 0 amide bonds. The third-order valence-electron chi connectivity index (χ3n) is 2.82. The van der Waals surface area contributed by atoms with E-state index in [1.807, 2.05) is 18.3 Å². The molecule has 1 aromatic carbocycles. The van der Waals surface area contributed by atoms with Crippen molar-refractivity contribution in [1.82, 2.24) is 4.98 Å². The summed E-state index contributed by atoms with van der Waals surface area (Å²) in [4.78, 5) is 5.63. The monoisotopic (exact) mass is 232 g/mol. The van der Waals surface area contributed by atoms with E-state index in [0.717, 1.165) is 17.0 Å². The number of thiazole rings is 1. The molecule has 4 heteroatoms. The second-order valence-corrected chi connectivity index (χ2v) is 5.19.